The van der Waals surface area contributed by atoms with Crippen LogP contribution in [-0.2, 0) is 21.9 Å². The van der Waals surface area contributed by atoms with Crippen LogP contribution in [0.3, 0.4) is 0 Å². The number of rotatable bonds is 7. The Kier molecular flexibility index (Phi) is 6.95. The Balaban J connectivity index is 1.36. The Morgan fingerprint density at radius 3 is 2.70 bits per heavy atom. The fraction of sp³-hybridized carbons (Fsp3) is 0.586. The quantitative estimate of drug-likeness (QED) is 0.400. The van der Waals surface area contributed by atoms with Crippen LogP contribution in [0.15, 0.2) is 34.6 Å². The van der Waals surface area contributed by atoms with E-state index in [-0.39, 0.29) is 28.8 Å². The van der Waals surface area contributed by atoms with Crippen LogP contribution in [0.25, 0.3) is 0 Å². The third-order valence-electron chi connectivity index (χ3n) is 8.19. The number of anilines is 1. The second-order valence-electron chi connectivity index (χ2n) is 12.2. The summed E-state index contributed by atoms with van der Waals surface area (Å²) in [5.41, 5.74) is 10.6. The maximum Gasteiger partial charge on any atom is 0.202 e. The number of hydrogen-bond donors (Lipinski definition) is 4. The van der Waals surface area contributed by atoms with Crippen LogP contribution in [0, 0.1) is 12.8 Å². The van der Waals surface area contributed by atoms with Gasteiger partial charge in [-0.3, -0.25) is 10.4 Å². The predicted octanol–water partition coefficient (Wildman–Crippen LogP) is 3.44. The molecular formula is C29H41N7O3S. The highest BCUT2D eigenvalue weighted by atomic mass is 32.2. The van der Waals surface area contributed by atoms with Gasteiger partial charge in [-0.2, -0.15) is 5.10 Å². The molecule has 40 heavy (non-hydrogen) atoms. The highest BCUT2D eigenvalue weighted by Gasteiger charge is 2.39. The molecule has 0 spiro atoms. The van der Waals surface area contributed by atoms with Gasteiger partial charge in [-0.05, 0) is 87.7 Å². The molecule has 3 aliphatic heterocycles. The van der Waals surface area contributed by atoms with Gasteiger partial charge < -0.3 is 20.7 Å². The largest absolute Gasteiger partial charge is 0.488 e. The molecule has 2 fully saturated rings. The lowest BCUT2D eigenvalue weighted by atomic mass is 9.83. The van der Waals surface area contributed by atoms with Crippen molar-refractivity contribution in [2.24, 2.45) is 16.6 Å². The summed E-state index contributed by atoms with van der Waals surface area (Å²) in [7, 11) is -3.65. The molecule has 1 aliphatic carbocycles. The summed E-state index contributed by atoms with van der Waals surface area (Å²) in [6.07, 6.45) is 10.3. The van der Waals surface area contributed by atoms with Gasteiger partial charge in [0.2, 0.25) is 5.96 Å². The second kappa shape index (κ2) is 10.2. The minimum Gasteiger partial charge on any atom is -0.488 e. The van der Waals surface area contributed by atoms with Crippen molar-refractivity contribution in [2.45, 2.75) is 88.6 Å². The Labute approximate surface area is 236 Å². The smallest absolute Gasteiger partial charge is 0.202 e. The van der Waals surface area contributed by atoms with Crippen LogP contribution >= 0.6 is 0 Å². The number of aliphatic imine (C=N–C) groups is 1. The van der Waals surface area contributed by atoms with Gasteiger partial charge in [-0.15, -0.1) is 0 Å². The summed E-state index contributed by atoms with van der Waals surface area (Å²) in [5, 5.41) is 14.6. The summed E-state index contributed by atoms with van der Waals surface area (Å²) in [6.45, 7) is 10.1. The first-order valence-electron chi connectivity index (χ1n) is 14.5. The van der Waals surface area contributed by atoms with Crippen molar-refractivity contribution in [3.8, 4) is 5.75 Å². The van der Waals surface area contributed by atoms with E-state index in [1.165, 1.54) is 16.7 Å². The first-order valence-corrected chi connectivity index (χ1v) is 16.2. The molecule has 1 aromatic heterocycles. The van der Waals surface area contributed by atoms with Gasteiger partial charge in [-0.1, -0.05) is 13.8 Å². The summed E-state index contributed by atoms with van der Waals surface area (Å²) in [6, 6.07) is 2.35. The first kappa shape index (κ1) is 27.3. The number of nitrogens with two attached hydrogens (primary N) is 1. The number of aromatic nitrogens is 2. The highest BCUT2D eigenvalue weighted by molar-refractivity contribution is 7.91. The second-order valence-corrected chi connectivity index (χ2v) is 14.2. The number of nitrogens with zero attached hydrogens (tertiary/aromatic N) is 3. The number of ether oxygens (including phenoxy) is 1. The van der Waals surface area contributed by atoms with Crippen LogP contribution in [0.2, 0.25) is 0 Å². The van der Waals surface area contributed by atoms with E-state index in [4.69, 9.17) is 15.5 Å². The van der Waals surface area contributed by atoms with Crippen molar-refractivity contribution < 1.29 is 13.2 Å². The SMILES string of the molecule is Cc1cc(NC2=NC(N)(c3cn(C4CC4)nc3S(=O)(=O)CC(C)C)C=CN2)c2c(c1C1CCNCC1)CC(C)O2. The van der Waals surface area contributed by atoms with Crippen molar-refractivity contribution in [2.75, 3.05) is 24.2 Å². The van der Waals surface area contributed by atoms with Gasteiger partial charge in [0, 0.05) is 24.4 Å². The first-order chi connectivity index (χ1) is 19.0. The van der Waals surface area contributed by atoms with Crippen molar-refractivity contribution in [3.05, 3.63) is 46.8 Å². The molecule has 6 rings (SSSR count). The zero-order chi connectivity index (χ0) is 28.2. The molecule has 0 amide bonds. The number of piperidine rings is 1. The molecule has 4 heterocycles. The van der Waals surface area contributed by atoms with Crippen molar-refractivity contribution in [1.82, 2.24) is 20.4 Å². The van der Waals surface area contributed by atoms with E-state index in [2.05, 4.69) is 41.0 Å². The topological polar surface area (TPSA) is 136 Å². The van der Waals surface area contributed by atoms with Crippen LogP contribution in [0.5, 0.6) is 5.75 Å². The van der Waals surface area contributed by atoms with Gasteiger partial charge in [-0.25, -0.2) is 13.4 Å². The van der Waals surface area contributed by atoms with Crippen LogP contribution < -0.4 is 26.4 Å². The number of sulfone groups is 1. The molecule has 4 aliphatic rings. The van der Waals surface area contributed by atoms with Crippen molar-refractivity contribution in [3.63, 3.8) is 0 Å². The Morgan fingerprint density at radius 2 is 2.00 bits per heavy atom. The minimum atomic E-state index is -3.65. The lowest BCUT2D eigenvalue weighted by Crippen LogP contribution is -2.42. The van der Waals surface area contributed by atoms with E-state index in [0.29, 0.717) is 17.4 Å². The van der Waals surface area contributed by atoms with Crippen molar-refractivity contribution >= 4 is 21.5 Å². The molecule has 0 bridgehead atoms. The Morgan fingerprint density at radius 1 is 1.25 bits per heavy atom. The van der Waals surface area contributed by atoms with E-state index < -0.39 is 15.5 Å². The average Bonchev–Trinajstić information content (AvgIpc) is 3.49. The maximum absolute atomic E-state index is 13.4. The number of hydrogen-bond acceptors (Lipinski definition) is 9. The third-order valence-corrected chi connectivity index (χ3v) is 10.2. The zero-order valence-corrected chi connectivity index (χ0v) is 24.6. The fourth-order valence-corrected chi connectivity index (χ4v) is 8.09. The van der Waals surface area contributed by atoms with E-state index in [1.807, 2.05) is 13.8 Å². The number of benzene rings is 1. The number of guanidine groups is 1. The fourth-order valence-electron chi connectivity index (χ4n) is 6.29. The lowest BCUT2D eigenvalue weighted by molar-refractivity contribution is 0.256. The van der Waals surface area contributed by atoms with E-state index in [9.17, 15) is 8.42 Å². The lowest BCUT2D eigenvalue weighted by Gasteiger charge is -2.29. The van der Waals surface area contributed by atoms with Gasteiger partial charge in [0.05, 0.1) is 23.0 Å². The molecule has 1 aromatic carbocycles. The molecule has 11 heteroatoms. The highest BCUT2D eigenvalue weighted by Crippen LogP contribution is 2.45. The monoisotopic (exact) mass is 567 g/mol. The molecule has 2 unspecified atom stereocenters. The van der Waals surface area contributed by atoms with Crippen LogP contribution in [-0.4, -0.2) is 49.1 Å². The Bertz CT molecular complexity index is 1470. The molecule has 2 aromatic rings. The number of aryl methyl sites for hydroxylation is 1. The molecule has 1 saturated heterocycles. The molecule has 5 N–H and O–H groups in total. The summed E-state index contributed by atoms with van der Waals surface area (Å²) < 4.78 is 34.8. The molecule has 216 valence electrons. The summed E-state index contributed by atoms with van der Waals surface area (Å²) in [4.78, 5) is 4.82. The van der Waals surface area contributed by atoms with Crippen LogP contribution in [0.1, 0.15) is 80.7 Å². The number of fused-ring (bicyclic) bond motifs is 1. The minimum absolute atomic E-state index is 0.00110. The van der Waals surface area contributed by atoms with Crippen molar-refractivity contribution in [1.29, 1.82) is 0 Å². The van der Waals surface area contributed by atoms with E-state index in [1.54, 1.807) is 23.2 Å². The average molecular weight is 568 g/mol. The predicted molar refractivity (Wildman–Crippen MR) is 156 cm³/mol. The van der Waals surface area contributed by atoms with Gasteiger partial charge in [0.1, 0.15) is 11.9 Å². The summed E-state index contributed by atoms with van der Waals surface area (Å²) >= 11 is 0. The van der Waals surface area contributed by atoms with Gasteiger partial charge in [0.25, 0.3) is 0 Å². The molecule has 2 atom stereocenters. The standard InChI is InChI=1S/C29H41N7O3S/c1-17(2)16-40(37,38)27-23(15-36(35-27)21-5-6-21)29(30)9-12-32-28(34-29)33-24-13-18(3)25(20-7-10-31-11-8-20)22-14-19(4)39-26(22)24/h9,12-13,15,17,19-21,31H,5-8,10-11,14,16,30H2,1-4H3,(H2,32,33,34). The molecule has 10 nitrogen and oxygen atoms in total. The summed E-state index contributed by atoms with van der Waals surface area (Å²) in [5.74, 6) is 1.78. The maximum atomic E-state index is 13.4. The number of nitrogens with one attached hydrogen (secondary N) is 3. The van der Waals surface area contributed by atoms with Gasteiger partial charge >= 0.3 is 0 Å². The van der Waals surface area contributed by atoms with E-state index in [0.717, 1.165) is 56.6 Å². The van der Waals surface area contributed by atoms with Crippen LogP contribution in [0.4, 0.5) is 5.69 Å². The third kappa shape index (κ3) is 5.14. The zero-order valence-electron chi connectivity index (χ0n) is 23.8. The normalized spacial score (nSPS) is 24.9. The Hall–Kier alpha value is -2.89. The van der Waals surface area contributed by atoms with E-state index >= 15 is 0 Å². The van der Waals surface area contributed by atoms with Gasteiger partial charge in [0.15, 0.2) is 20.5 Å². The molecule has 0 radical (unpaired) electrons. The molecule has 1 saturated carbocycles. The molecular weight excluding hydrogens is 526 g/mol.